The number of hydrogen-bond donors (Lipinski definition) is 1. The van der Waals surface area contributed by atoms with Crippen LogP contribution in [0.2, 0.25) is 0 Å². The van der Waals surface area contributed by atoms with Gasteiger partial charge in [-0.3, -0.25) is 4.79 Å². The van der Waals surface area contributed by atoms with Crippen molar-refractivity contribution in [1.82, 2.24) is 5.32 Å². The summed E-state index contributed by atoms with van der Waals surface area (Å²) in [6.45, 7) is 0.783. The van der Waals surface area contributed by atoms with E-state index in [9.17, 15) is 10.0 Å². The van der Waals surface area contributed by atoms with Gasteiger partial charge < -0.3 is 10.5 Å². The highest BCUT2D eigenvalue weighted by Crippen LogP contribution is 2.21. The number of nitrogens with one attached hydrogen (secondary N) is 1. The molecule has 1 heterocycles. The van der Waals surface area contributed by atoms with Crippen LogP contribution in [0.25, 0.3) is 0 Å². The lowest BCUT2D eigenvalue weighted by molar-refractivity contribution is -0.645. The first-order chi connectivity index (χ1) is 10.3. The van der Waals surface area contributed by atoms with E-state index in [4.69, 9.17) is 0 Å². The Bertz CT molecular complexity index is 446. The van der Waals surface area contributed by atoms with Crippen LogP contribution in [-0.2, 0) is 4.79 Å². The summed E-state index contributed by atoms with van der Waals surface area (Å²) in [7, 11) is 0. The molecule has 1 aromatic rings. The Morgan fingerprint density at radius 1 is 1.24 bits per heavy atom. The number of rotatable bonds is 5. The van der Waals surface area contributed by atoms with Gasteiger partial charge in [-0.25, -0.2) is 0 Å². The van der Waals surface area contributed by atoms with Gasteiger partial charge in [-0.15, -0.1) is 0 Å². The summed E-state index contributed by atoms with van der Waals surface area (Å²) in [6.07, 6.45) is 10.5. The zero-order valence-corrected chi connectivity index (χ0v) is 13.2. The molecule has 0 bridgehead atoms. The van der Waals surface area contributed by atoms with Crippen LogP contribution in [0.3, 0.4) is 0 Å². The number of pyridine rings is 1. The monoisotopic (exact) mass is 308 g/mol. The lowest BCUT2D eigenvalue weighted by atomic mass is 9.91. The molecule has 1 aliphatic carbocycles. The Kier molecular flexibility index (Phi) is 6.86. The van der Waals surface area contributed by atoms with E-state index >= 15 is 0 Å². The van der Waals surface area contributed by atoms with Gasteiger partial charge in [0.1, 0.15) is 0 Å². The molecule has 0 unspecified atom stereocenters. The molecule has 116 valence electrons. The number of aromatic nitrogens is 1. The Morgan fingerprint density at radius 3 is 2.67 bits per heavy atom. The Balaban J connectivity index is 1.68. The van der Waals surface area contributed by atoms with Crippen LogP contribution in [0.4, 0.5) is 0 Å². The third kappa shape index (κ3) is 5.96. The number of thioether (sulfide) groups is 1. The average molecular weight is 308 g/mol. The molecule has 1 aliphatic rings. The lowest BCUT2D eigenvalue weighted by Gasteiger charge is -2.19. The van der Waals surface area contributed by atoms with E-state index in [-0.39, 0.29) is 5.91 Å². The van der Waals surface area contributed by atoms with Crippen LogP contribution in [-0.4, -0.2) is 18.2 Å². The predicted octanol–water partition coefficient (Wildman–Crippen LogP) is 2.89. The third-order valence-electron chi connectivity index (χ3n) is 3.95. The fourth-order valence-electron chi connectivity index (χ4n) is 2.72. The Hall–Kier alpha value is -1.23. The quantitative estimate of drug-likeness (QED) is 0.517. The average Bonchev–Trinajstić information content (AvgIpc) is 2.45. The van der Waals surface area contributed by atoms with Gasteiger partial charge in [0, 0.05) is 18.7 Å². The minimum absolute atomic E-state index is 0.0194. The summed E-state index contributed by atoms with van der Waals surface area (Å²) in [6, 6.07) is 5.23. The third-order valence-corrected chi connectivity index (χ3v) is 4.97. The van der Waals surface area contributed by atoms with Crippen LogP contribution >= 0.6 is 11.8 Å². The van der Waals surface area contributed by atoms with E-state index in [1.165, 1.54) is 62.9 Å². The number of amides is 1. The zero-order chi connectivity index (χ0) is 14.9. The van der Waals surface area contributed by atoms with Crippen molar-refractivity contribution in [1.29, 1.82) is 0 Å². The molecule has 4 nitrogen and oxygen atoms in total. The van der Waals surface area contributed by atoms with Crippen molar-refractivity contribution < 1.29 is 9.52 Å². The molecule has 0 spiro atoms. The normalized spacial score (nSPS) is 17.0. The van der Waals surface area contributed by atoms with E-state index in [1.54, 1.807) is 12.1 Å². The van der Waals surface area contributed by atoms with Crippen molar-refractivity contribution in [3.05, 3.63) is 29.6 Å². The number of nitrogens with zero attached hydrogens (tertiary/aromatic N) is 1. The highest BCUT2D eigenvalue weighted by molar-refractivity contribution is 7.99. The smallest absolute Gasteiger partial charge is 0.251 e. The number of carbonyl (C=O) groups excluding carboxylic acids is 1. The molecule has 21 heavy (non-hydrogen) atoms. The molecule has 1 amide bonds. The summed E-state index contributed by atoms with van der Waals surface area (Å²) in [5, 5.41) is 15.1. The minimum Gasteiger partial charge on any atom is -0.618 e. The van der Waals surface area contributed by atoms with Crippen LogP contribution in [0.1, 0.15) is 44.9 Å². The Morgan fingerprint density at radius 2 is 1.95 bits per heavy atom. The van der Waals surface area contributed by atoms with Crippen molar-refractivity contribution >= 4 is 17.7 Å². The van der Waals surface area contributed by atoms with Gasteiger partial charge in [0.2, 0.25) is 5.91 Å². The first-order valence-electron chi connectivity index (χ1n) is 7.83. The summed E-state index contributed by atoms with van der Waals surface area (Å²) >= 11 is 1.29. The maximum absolute atomic E-state index is 11.9. The summed E-state index contributed by atoms with van der Waals surface area (Å²) in [5.74, 6) is 0.949. The second kappa shape index (κ2) is 8.93. The molecular formula is C16H24N2O2S. The highest BCUT2D eigenvalue weighted by Gasteiger charge is 2.13. The lowest BCUT2D eigenvalue weighted by Crippen LogP contribution is -2.32. The fraction of sp³-hybridized carbons (Fsp3) is 0.625. The molecule has 0 atom stereocenters. The van der Waals surface area contributed by atoms with E-state index in [0.717, 1.165) is 11.3 Å². The van der Waals surface area contributed by atoms with Crippen LogP contribution < -0.4 is 10.0 Å². The Labute approximate surface area is 130 Å². The summed E-state index contributed by atoms with van der Waals surface area (Å²) in [4.78, 5) is 11.9. The van der Waals surface area contributed by atoms with Gasteiger partial charge in [0.25, 0.3) is 5.03 Å². The summed E-state index contributed by atoms with van der Waals surface area (Å²) in [5.41, 5.74) is 0. The first kappa shape index (κ1) is 16.1. The topological polar surface area (TPSA) is 56.0 Å². The van der Waals surface area contributed by atoms with Crippen LogP contribution in [0, 0.1) is 11.1 Å². The predicted molar refractivity (Wildman–Crippen MR) is 84.9 cm³/mol. The summed E-state index contributed by atoms with van der Waals surface area (Å²) < 4.78 is 0.798. The molecular weight excluding hydrogens is 284 g/mol. The van der Waals surface area contributed by atoms with Crippen molar-refractivity contribution in [2.45, 2.75) is 50.0 Å². The molecule has 2 rings (SSSR count). The first-order valence-corrected chi connectivity index (χ1v) is 8.82. The molecule has 5 heteroatoms. The van der Waals surface area contributed by atoms with Crippen molar-refractivity contribution in [3.8, 4) is 0 Å². The SMILES string of the molecule is O=C(CSc1cccc[n+]1[O-])NCC1CCCCCCC1. The molecule has 0 aromatic carbocycles. The second-order valence-corrected chi connectivity index (χ2v) is 6.66. The molecule has 1 saturated carbocycles. The maximum Gasteiger partial charge on any atom is 0.251 e. The van der Waals surface area contributed by atoms with E-state index in [1.807, 2.05) is 6.07 Å². The van der Waals surface area contributed by atoms with Crippen molar-refractivity contribution in [3.63, 3.8) is 0 Å². The maximum atomic E-state index is 11.9. The molecule has 0 aliphatic heterocycles. The zero-order valence-electron chi connectivity index (χ0n) is 12.4. The van der Waals surface area contributed by atoms with E-state index < -0.39 is 0 Å². The second-order valence-electron chi connectivity index (χ2n) is 5.67. The van der Waals surface area contributed by atoms with E-state index in [2.05, 4.69) is 5.32 Å². The van der Waals surface area contributed by atoms with Crippen molar-refractivity contribution in [2.75, 3.05) is 12.3 Å². The van der Waals surface area contributed by atoms with Gasteiger partial charge in [-0.1, -0.05) is 32.1 Å². The van der Waals surface area contributed by atoms with Gasteiger partial charge >= 0.3 is 0 Å². The largest absolute Gasteiger partial charge is 0.618 e. The number of hydrogen-bond acceptors (Lipinski definition) is 3. The molecule has 1 aromatic heterocycles. The van der Waals surface area contributed by atoms with Gasteiger partial charge in [-0.05, 0) is 36.6 Å². The highest BCUT2D eigenvalue weighted by atomic mass is 32.2. The minimum atomic E-state index is 0.0194. The standard InChI is InChI=1S/C16H24N2O2S/c19-15(13-21-16-10-6-7-11-18(16)20)17-12-14-8-4-2-1-3-5-9-14/h6-7,10-11,14H,1-5,8-9,12-13H2,(H,17,19). The molecule has 0 saturated heterocycles. The van der Waals surface area contributed by atoms with Crippen LogP contribution in [0.15, 0.2) is 29.4 Å². The van der Waals surface area contributed by atoms with Gasteiger partial charge in [-0.2, -0.15) is 4.73 Å². The van der Waals surface area contributed by atoms with E-state index in [0.29, 0.717) is 16.7 Å². The van der Waals surface area contributed by atoms with Crippen LogP contribution in [0.5, 0.6) is 0 Å². The van der Waals surface area contributed by atoms with Gasteiger partial charge in [0.05, 0.1) is 5.75 Å². The molecule has 1 fully saturated rings. The molecule has 0 radical (unpaired) electrons. The molecule has 1 N–H and O–H groups in total. The van der Waals surface area contributed by atoms with Gasteiger partial charge in [0.15, 0.2) is 6.20 Å². The fourth-order valence-corrected chi connectivity index (χ4v) is 3.46. The number of carbonyl (C=O) groups is 1. The van der Waals surface area contributed by atoms with Crippen molar-refractivity contribution in [2.24, 2.45) is 5.92 Å².